The Morgan fingerprint density at radius 1 is 1.10 bits per heavy atom. The van der Waals surface area contributed by atoms with E-state index in [1.807, 2.05) is 30.3 Å². The van der Waals surface area contributed by atoms with E-state index in [0.717, 1.165) is 68.4 Å². The highest BCUT2D eigenvalue weighted by atomic mass is 16.1. The molecule has 0 bridgehead atoms. The predicted octanol–water partition coefficient (Wildman–Crippen LogP) is 2.78. The normalized spacial score (nSPS) is 20.4. The molecular weight excluding hydrogens is 376 g/mol. The zero-order valence-corrected chi connectivity index (χ0v) is 17.8. The van der Waals surface area contributed by atoms with Gasteiger partial charge in [0.15, 0.2) is 0 Å². The maximum Gasteiger partial charge on any atom is 0.254 e. The molecule has 1 aliphatic carbocycles. The summed E-state index contributed by atoms with van der Waals surface area (Å²) in [7, 11) is 2.14. The molecule has 1 fully saturated rings. The minimum Gasteiger partial charge on any atom is -0.356 e. The number of H-pyrrole nitrogens is 1. The van der Waals surface area contributed by atoms with Gasteiger partial charge in [-0.3, -0.25) is 9.59 Å². The van der Waals surface area contributed by atoms with Crippen molar-refractivity contribution < 1.29 is 4.79 Å². The van der Waals surface area contributed by atoms with Gasteiger partial charge in [-0.15, -0.1) is 0 Å². The first-order valence-corrected chi connectivity index (χ1v) is 11.2. The van der Waals surface area contributed by atoms with E-state index in [9.17, 15) is 9.59 Å². The van der Waals surface area contributed by atoms with Gasteiger partial charge in [0.2, 0.25) is 5.91 Å². The molecule has 2 N–H and O–H groups in total. The number of carbonyl (C=O) groups excluding carboxylic acids is 1. The van der Waals surface area contributed by atoms with Gasteiger partial charge in [-0.05, 0) is 70.5 Å². The quantitative estimate of drug-likeness (QED) is 0.746. The fraction of sp³-hybridized carbons (Fsp3) is 0.542. The Hall–Kier alpha value is -2.47. The van der Waals surface area contributed by atoms with Gasteiger partial charge in [0, 0.05) is 24.1 Å². The minimum absolute atomic E-state index is 0.0224. The smallest absolute Gasteiger partial charge is 0.254 e. The van der Waals surface area contributed by atoms with Crippen LogP contribution >= 0.6 is 0 Å². The van der Waals surface area contributed by atoms with Gasteiger partial charge >= 0.3 is 0 Å². The van der Waals surface area contributed by atoms with Gasteiger partial charge in [-0.1, -0.05) is 30.3 Å². The number of aromatic nitrogens is 2. The highest BCUT2D eigenvalue weighted by Gasteiger charge is 2.23. The highest BCUT2D eigenvalue weighted by Crippen LogP contribution is 2.24. The van der Waals surface area contributed by atoms with Crippen LogP contribution in [0.15, 0.2) is 35.1 Å². The number of carbonyl (C=O) groups is 1. The molecule has 2 aromatic rings. The van der Waals surface area contributed by atoms with Crippen molar-refractivity contribution in [3.63, 3.8) is 0 Å². The number of benzene rings is 1. The first-order chi connectivity index (χ1) is 14.6. The number of hydrogen-bond donors (Lipinski definition) is 2. The molecule has 1 aliphatic heterocycles. The number of hydrogen-bond acceptors (Lipinski definition) is 4. The Morgan fingerprint density at radius 2 is 1.83 bits per heavy atom. The minimum atomic E-state index is -0.0224. The van der Waals surface area contributed by atoms with Crippen LogP contribution in [-0.2, 0) is 17.6 Å². The second-order valence-corrected chi connectivity index (χ2v) is 8.90. The maximum absolute atomic E-state index is 12.7. The molecule has 160 valence electrons. The number of nitrogens with one attached hydrogen (secondary N) is 2. The molecule has 1 aromatic carbocycles. The number of aryl methyl sites for hydroxylation is 1. The number of amides is 1. The van der Waals surface area contributed by atoms with E-state index in [1.165, 1.54) is 0 Å². The molecule has 1 unspecified atom stereocenters. The van der Waals surface area contributed by atoms with Crippen LogP contribution in [0.3, 0.4) is 0 Å². The Kier molecular flexibility index (Phi) is 6.62. The summed E-state index contributed by atoms with van der Waals surface area (Å²) in [5, 5.41) is 3.16. The van der Waals surface area contributed by atoms with Gasteiger partial charge in [0.05, 0.1) is 5.69 Å². The predicted molar refractivity (Wildman–Crippen MR) is 118 cm³/mol. The van der Waals surface area contributed by atoms with Crippen molar-refractivity contribution in [2.75, 3.05) is 26.7 Å². The van der Waals surface area contributed by atoms with E-state index >= 15 is 0 Å². The lowest BCUT2D eigenvalue weighted by atomic mass is 9.93. The second-order valence-electron chi connectivity index (χ2n) is 8.90. The molecular formula is C24H32N4O2. The van der Waals surface area contributed by atoms with E-state index in [4.69, 9.17) is 4.98 Å². The zero-order chi connectivity index (χ0) is 20.9. The Bertz CT molecular complexity index is 917. The summed E-state index contributed by atoms with van der Waals surface area (Å²) in [6.45, 7) is 2.87. The fourth-order valence-electron chi connectivity index (χ4n) is 4.64. The molecule has 1 atom stereocenters. The lowest BCUT2D eigenvalue weighted by molar-refractivity contribution is -0.122. The number of piperidine rings is 1. The Labute approximate surface area is 178 Å². The maximum atomic E-state index is 12.7. The topological polar surface area (TPSA) is 78.1 Å². The van der Waals surface area contributed by atoms with Crippen LogP contribution in [0.5, 0.6) is 0 Å². The van der Waals surface area contributed by atoms with Gasteiger partial charge in [0.25, 0.3) is 5.56 Å². The summed E-state index contributed by atoms with van der Waals surface area (Å²) in [6.07, 6.45) is 6.24. The van der Waals surface area contributed by atoms with E-state index in [1.54, 1.807) is 0 Å². The molecule has 0 spiro atoms. The number of nitrogens with zero attached hydrogens (tertiary/aromatic N) is 2. The van der Waals surface area contributed by atoms with E-state index in [-0.39, 0.29) is 11.5 Å². The molecule has 1 saturated heterocycles. The summed E-state index contributed by atoms with van der Waals surface area (Å²) in [5.74, 6) is 1.72. The number of fused-ring (bicyclic) bond motifs is 1. The van der Waals surface area contributed by atoms with Crippen LogP contribution in [0.1, 0.15) is 43.4 Å². The van der Waals surface area contributed by atoms with Gasteiger partial charge in [-0.2, -0.15) is 0 Å². The lowest BCUT2D eigenvalue weighted by Crippen LogP contribution is -2.35. The van der Waals surface area contributed by atoms with Crippen molar-refractivity contribution in [2.24, 2.45) is 11.8 Å². The second kappa shape index (κ2) is 9.56. The van der Waals surface area contributed by atoms with Crippen LogP contribution in [0.25, 0.3) is 11.4 Å². The third kappa shape index (κ3) is 5.17. The third-order valence-corrected chi connectivity index (χ3v) is 6.64. The summed E-state index contributed by atoms with van der Waals surface area (Å²) >= 11 is 0. The first kappa shape index (κ1) is 20.8. The summed E-state index contributed by atoms with van der Waals surface area (Å²) in [4.78, 5) is 35.1. The number of likely N-dealkylation sites (tertiary alicyclic amines) is 1. The molecule has 6 heteroatoms. The number of rotatable bonds is 5. The molecule has 2 aliphatic rings. The van der Waals surface area contributed by atoms with Crippen molar-refractivity contribution in [1.82, 2.24) is 20.2 Å². The van der Waals surface area contributed by atoms with Crippen molar-refractivity contribution >= 4 is 5.91 Å². The summed E-state index contributed by atoms with van der Waals surface area (Å²) in [5.41, 5.74) is 2.64. The van der Waals surface area contributed by atoms with Crippen molar-refractivity contribution in [3.8, 4) is 11.4 Å². The van der Waals surface area contributed by atoms with Crippen LogP contribution in [0.2, 0.25) is 0 Å². The lowest BCUT2D eigenvalue weighted by Gasteiger charge is -2.28. The average Bonchev–Trinajstić information content (AvgIpc) is 2.97. The highest BCUT2D eigenvalue weighted by molar-refractivity contribution is 5.76. The molecule has 6 nitrogen and oxygen atoms in total. The van der Waals surface area contributed by atoms with Crippen LogP contribution in [0, 0.1) is 11.8 Å². The molecule has 30 heavy (non-hydrogen) atoms. The van der Waals surface area contributed by atoms with Crippen LogP contribution in [0.4, 0.5) is 0 Å². The molecule has 0 saturated carbocycles. The summed E-state index contributed by atoms with van der Waals surface area (Å²) < 4.78 is 0. The van der Waals surface area contributed by atoms with Crippen molar-refractivity contribution in [2.45, 2.75) is 44.9 Å². The third-order valence-electron chi connectivity index (χ3n) is 6.64. The largest absolute Gasteiger partial charge is 0.356 e. The van der Waals surface area contributed by atoms with Crippen LogP contribution < -0.4 is 10.9 Å². The Morgan fingerprint density at radius 3 is 2.60 bits per heavy atom. The zero-order valence-electron chi connectivity index (χ0n) is 17.8. The first-order valence-electron chi connectivity index (χ1n) is 11.2. The summed E-state index contributed by atoms with van der Waals surface area (Å²) in [6, 6.07) is 9.78. The monoisotopic (exact) mass is 408 g/mol. The SMILES string of the molecule is CN1CCC(CC(=O)NCC2CCc3nc(-c4ccccc4)[nH]c(=O)c3CC2)CC1. The van der Waals surface area contributed by atoms with Gasteiger partial charge in [0.1, 0.15) is 5.82 Å². The molecule has 1 amide bonds. The van der Waals surface area contributed by atoms with Crippen molar-refractivity contribution in [1.29, 1.82) is 0 Å². The van der Waals surface area contributed by atoms with Gasteiger partial charge < -0.3 is 15.2 Å². The standard InChI is InChI=1S/C24H32N4O2/c1-28-13-11-17(12-14-28)15-22(29)25-16-18-7-9-20-21(10-8-18)26-23(27-24(20)30)19-5-3-2-4-6-19/h2-6,17-18H,7-16H2,1H3,(H,25,29)(H,26,27,30). The Balaban J connectivity index is 1.32. The molecule has 0 radical (unpaired) electrons. The molecule has 4 rings (SSSR count). The van der Waals surface area contributed by atoms with Crippen molar-refractivity contribution in [3.05, 3.63) is 51.9 Å². The molecule has 1 aromatic heterocycles. The van der Waals surface area contributed by atoms with E-state index in [0.29, 0.717) is 30.6 Å². The van der Waals surface area contributed by atoms with Crippen LogP contribution in [-0.4, -0.2) is 47.5 Å². The van der Waals surface area contributed by atoms with E-state index in [2.05, 4.69) is 22.2 Å². The van der Waals surface area contributed by atoms with E-state index < -0.39 is 0 Å². The number of aromatic amines is 1. The van der Waals surface area contributed by atoms with Gasteiger partial charge in [-0.25, -0.2) is 4.98 Å². The average molecular weight is 409 g/mol. The fourth-order valence-corrected chi connectivity index (χ4v) is 4.64. The molecule has 2 heterocycles.